The number of carbonyl (C=O) groups is 1. The summed E-state index contributed by atoms with van der Waals surface area (Å²) < 4.78 is 1.49. The van der Waals surface area contributed by atoms with Gasteiger partial charge in [0.05, 0.1) is 23.7 Å². The van der Waals surface area contributed by atoms with Crippen molar-refractivity contribution in [1.29, 1.82) is 0 Å². The average Bonchev–Trinajstić information content (AvgIpc) is 2.79. The molecule has 1 aromatic carbocycles. The normalized spacial score (nSPS) is 10.8. The van der Waals surface area contributed by atoms with Crippen molar-refractivity contribution < 1.29 is 4.79 Å². The number of nitrogens with two attached hydrogens (primary N) is 1. The average molecular weight is 266 g/mol. The number of aromatic nitrogens is 3. The van der Waals surface area contributed by atoms with Crippen molar-refractivity contribution in [2.24, 2.45) is 7.05 Å². The monoisotopic (exact) mass is 266 g/mol. The molecule has 0 aliphatic heterocycles. The fourth-order valence-electron chi connectivity index (χ4n) is 2.13. The van der Waals surface area contributed by atoms with Crippen molar-refractivity contribution in [3.05, 3.63) is 53.9 Å². The van der Waals surface area contributed by atoms with E-state index in [0.717, 1.165) is 16.6 Å². The van der Waals surface area contributed by atoms with Crippen molar-refractivity contribution >= 4 is 22.5 Å². The van der Waals surface area contributed by atoms with Gasteiger partial charge in [-0.25, -0.2) is 0 Å². The number of rotatable bonds is 3. The first-order chi connectivity index (χ1) is 9.65. The van der Waals surface area contributed by atoms with E-state index in [4.69, 9.17) is 5.73 Å². The van der Waals surface area contributed by atoms with Crippen molar-refractivity contribution in [2.45, 2.75) is 6.42 Å². The maximum atomic E-state index is 12.2. The number of para-hydroxylation sites is 1. The SMILES string of the molecule is Cn1ncc(C(=O)Cc2ccc3ccccc3n2)c1N. The van der Waals surface area contributed by atoms with Gasteiger partial charge in [-0.3, -0.25) is 14.5 Å². The van der Waals surface area contributed by atoms with Gasteiger partial charge in [-0.1, -0.05) is 24.3 Å². The Morgan fingerprint density at radius 2 is 2.05 bits per heavy atom. The molecule has 2 heterocycles. The van der Waals surface area contributed by atoms with Crippen molar-refractivity contribution in [3.8, 4) is 0 Å². The predicted octanol–water partition coefficient (Wildman–Crippen LogP) is 1.98. The van der Waals surface area contributed by atoms with Crippen LogP contribution in [0.2, 0.25) is 0 Å². The third kappa shape index (κ3) is 2.14. The second-order valence-corrected chi connectivity index (χ2v) is 4.66. The van der Waals surface area contributed by atoms with E-state index >= 15 is 0 Å². The number of fused-ring (bicyclic) bond motifs is 1. The molecule has 0 unspecified atom stereocenters. The molecule has 2 aromatic heterocycles. The second kappa shape index (κ2) is 4.77. The topological polar surface area (TPSA) is 73.8 Å². The first kappa shape index (κ1) is 12.3. The highest BCUT2D eigenvalue weighted by Gasteiger charge is 2.14. The van der Waals surface area contributed by atoms with Gasteiger partial charge in [-0.15, -0.1) is 0 Å². The smallest absolute Gasteiger partial charge is 0.174 e. The molecule has 5 nitrogen and oxygen atoms in total. The lowest BCUT2D eigenvalue weighted by Gasteiger charge is -2.03. The van der Waals surface area contributed by atoms with E-state index in [-0.39, 0.29) is 12.2 Å². The van der Waals surface area contributed by atoms with E-state index in [9.17, 15) is 4.79 Å². The number of hydrogen-bond acceptors (Lipinski definition) is 4. The number of aryl methyl sites for hydroxylation is 1. The Morgan fingerprint density at radius 1 is 1.25 bits per heavy atom. The largest absolute Gasteiger partial charge is 0.383 e. The number of pyridine rings is 1. The van der Waals surface area contributed by atoms with E-state index in [2.05, 4.69) is 10.1 Å². The first-order valence-corrected chi connectivity index (χ1v) is 6.30. The van der Waals surface area contributed by atoms with Gasteiger partial charge in [0.2, 0.25) is 0 Å². The summed E-state index contributed by atoms with van der Waals surface area (Å²) in [5.74, 6) is 0.314. The van der Waals surface area contributed by atoms with E-state index in [1.165, 1.54) is 10.9 Å². The van der Waals surface area contributed by atoms with Crippen LogP contribution in [0.5, 0.6) is 0 Å². The van der Waals surface area contributed by atoms with Gasteiger partial charge in [-0.05, 0) is 12.1 Å². The lowest BCUT2D eigenvalue weighted by Crippen LogP contribution is -2.08. The van der Waals surface area contributed by atoms with Crippen molar-refractivity contribution in [2.75, 3.05) is 5.73 Å². The minimum absolute atomic E-state index is 0.0709. The van der Waals surface area contributed by atoms with Crippen LogP contribution in [0.25, 0.3) is 10.9 Å². The van der Waals surface area contributed by atoms with Crippen molar-refractivity contribution in [3.63, 3.8) is 0 Å². The zero-order valence-electron chi connectivity index (χ0n) is 11.1. The van der Waals surface area contributed by atoms with Crippen LogP contribution in [0.15, 0.2) is 42.6 Å². The zero-order valence-corrected chi connectivity index (χ0v) is 11.1. The highest BCUT2D eigenvalue weighted by Crippen LogP contribution is 2.15. The van der Waals surface area contributed by atoms with Gasteiger partial charge in [0.25, 0.3) is 0 Å². The molecule has 3 rings (SSSR count). The lowest BCUT2D eigenvalue weighted by atomic mass is 10.1. The predicted molar refractivity (Wildman–Crippen MR) is 77.4 cm³/mol. The molecule has 0 bridgehead atoms. The Balaban J connectivity index is 1.89. The summed E-state index contributed by atoms with van der Waals surface area (Å²) in [4.78, 5) is 16.7. The molecular formula is C15H14N4O. The van der Waals surface area contributed by atoms with Gasteiger partial charge in [0.15, 0.2) is 5.78 Å². The molecule has 0 aliphatic carbocycles. The zero-order chi connectivity index (χ0) is 14.1. The van der Waals surface area contributed by atoms with Crippen LogP contribution in [-0.4, -0.2) is 20.5 Å². The molecule has 0 saturated carbocycles. The maximum Gasteiger partial charge on any atom is 0.174 e. The molecule has 0 saturated heterocycles. The Bertz CT molecular complexity index is 791. The number of anilines is 1. The van der Waals surface area contributed by atoms with Crippen LogP contribution in [0.4, 0.5) is 5.82 Å². The molecule has 100 valence electrons. The number of nitrogens with zero attached hydrogens (tertiary/aromatic N) is 3. The number of nitrogen functional groups attached to an aromatic ring is 1. The summed E-state index contributed by atoms with van der Waals surface area (Å²) in [6.45, 7) is 0. The van der Waals surface area contributed by atoms with E-state index in [1.54, 1.807) is 7.05 Å². The molecule has 20 heavy (non-hydrogen) atoms. The molecule has 0 amide bonds. The Morgan fingerprint density at radius 3 is 2.80 bits per heavy atom. The quantitative estimate of drug-likeness (QED) is 0.735. The van der Waals surface area contributed by atoms with Gasteiger partial charge in [-0.2, -0.15) is 5.10 Å². The third-order valence-electron chi connectivity index (χ3n) is 3.28. The highest BCUT2D eigenvalue weighted by molar-refractivity contribution is 6.01. The number of benzene rings is 1. The fourth-order valence-corrected chi connectivity index (χ4v) is 2.13. The summed E-state index contributed by atoms with van der Waals surface area (Å²) in [5, 5.41) is 5.04. The van der Waals surface area contributed by atoms with Gasteiger partial charge < -0.3 is 5.73 Å². The molecule has 0 fully saturated rings. The van der Waals surface area contributed by atoms with Gasteiger partial charge in [0.1, 0.15) is 5.82 Å². The van der Waals surface area contributed by atoms with Gasteiger partial charge >= 0.3 is 0 Å². The molecule has 0 aliphatic rings. The van der Waals surface area contributed by atoms with Crippen molar-refractivity contribution in [1.82, 2.24) is 14.8 Å². The number of Topliss-reactive ketones (excluding diaryl/α,β-unsaturated/α-hetero) is 1. The van der Waals surface area contributed by atoms with E-state index in [1.807, 2.05) is 36.4 Å². The molecule has 2 N–H and O–H groups in total. The van der Waals surface area contributed by atoms with Crippen LogP contribution >= 0.6 is 0 Å². The highest BCUT2D eigenvalue weighted by atomic mass is 16.1. The van der Waals surface area contributed by atoms with Crippen LogP contribution in [0, 0.1) is 0 Å². The van der Waals surface area contributed by atoms with E-state index in [0.29, 0.717) is 11.4 Å². The number of ketones is 1. The summed E-state index contributed by atoms with van der Waals surface area (Å²) in [7, 11) is 1.71. The molecule has 0 radical (unpaired) electrons. The minimum Gasteiger partial charge on any atom is -0.383 e. The Hall–Kier alpha value is -2.69. The number of hydrogen-bond donors (Lipinski definition) is 1. The lowest BCUT2D eigenvalue weighted by molar-refractivity contribution is 0.0993. The number of carbonyl (C=O) groups excluding carboxylic acids is 1. The Labute approximate surface area is 116 Å². The summed E-state index contributed by atoms with van der Waals surface area (Å²) in [6.07, 6.45) is 1.72. The second-order valence-electron chi connectivity index (χ2n) is 4.66. The first-order valence-electron chi connectivity index (χ1n) is 6.30. The molecule has 0 atom stereocenters. The van der Waals surface area contributed by atoms with Gasteiger partial charge in [0, 0.05) is 18.1 Å². The molecule has 5 heteroatoms. The standard InChI is InChI=1S/C15H14N4O/c1-19-15(16)12(9-17-19)14(20)8-11-7-6-10-4-2-3-5-13(10)18-11/h2-7,9H,8,16H2,1H3. The van der Waals surface area contributed by atoms with Crippen LogP contribution in [0.1, 0.15) is 16.1 Å². The minimum atomic E-state index is -0.0709. The van der Waals surface area contributed by atoms with Crippen LogP contribution in [0.3, 0.4) is 0 Å². The molecule has 0 spiro atoms. The van der Waals surface area contributed by atoms with Crippen LogP contribution < -0.4 is 5.73 Å². The maximum absolute atomic E-state index is 12.2. The van der Waals surface area contributed by atoms with E-state index < -0.39 is 0 Å². The summed E-state index contributed by atoms with van der Waals surface area (Å²) in [5.41, 5.74) is 7.87. The fraction of sp³-hybridized carbons (Fsp3) is 0.133. The molecular weight excluding hydrogens is 252 g/mol. The van der Waals surface area contributed by atoms with Crippen LogP contribution in [-0.2, 0) is 13.5 Å². The Kier molecular flexibility index (Phi) is 2.95. The molecule has 3 aromatic rings. The summed E-state index contributed by atoms with van der Waals surface area (Å²) in [6, 6.07) is 11.7. The summed E-state index contributed by atoms with van der Waals surface area (Å²) >= 11 is 0. The third-order valence-corrected chi connectivity index (χ3v) is 3.28.